The minimum Gasteiger partial charge on any atom is -0.340 e. The van der Waals surface area contributed by atoms with Gasteiger partial charge in [0.05, 0.1) is 11.6 Å². The van der Waals surface area contributed by atoms with Gasteiger partial charge in [0.15, 0.2) is 5.82 Å². The summed E-state index contributed by atoms with van der Waals surface area (Å²) in [7, 11) is 0. The molecule has 0 spiro atoms. The monoisotopic (exact) mass is 255 g/mol. The van der Waals surface area contributed by atoms with Crippen LogP contribution >= 0.6 is 11.8 Å². The third kappa shape index (κ3) is 2.02. The molecule has 2 aromatic rings. The molecule has 1 aliphatic rings. The maximum atomic E-state index is 13.5. The SMILES string of the molecule is Fc1cc(F)c2nc(C3CSCCN3)[nH]c2c1. The van der Waals surface area contributed by atoms with Crippen molar-refractivity contribution in [2.45, 2.75) is 6.04 Å². The fourth-order valence-electron chi connectivity index (χ4n) is 1.97. The first-order chi connectivity index (χ1) is 8.24. The number of hydrogen-bond acceptors (Lipinski definition) is 3. The zero-order valence-electron chi connectivity index (χ0n) is 8.96. The normalized spacial score (nSPS) is 20.9. The van der Waals surface area contributed by atoms with E-state index in [2.05, 4.69) is 15.3 Å². The summed E-state index contributed by atoms with van der Waals surface area (Å²) in [6.45, 7) is 0.906. The Bertz CT molecular complexity index is 549. The Hall–Kier alpha value is -1.14. The van der Waals surface area contributed by atoms with Gasteiger partial charge >= 0.3 is 0 Å². The van der Waals surface area contributed by atoms with Crippen LogP contribution in [0.1, 0.15) is 11.9 Å². The van der Waals surface area contributed by atoms with E-state index >= 15 is 0 Å². The number of aromatic nitrogens is 2. The van der Waals surface area contributed by atoms with Crippen molar-refractivity contribution in [3.8, 4) is 0 Å². The van der Waals surface area contributed by atoms with Crippen LogP contribution in [0.4, 0.5) is 8.78 Å². The Morgan fingerprint density at radius 2 is 2.24 bits per heavy atom. The van der Waals surface area contributed by atoms with Crippen molar-refractivity contribution in [3.63, 3.8) is 0 Å². The Morgan fingerprint density at radius 3 is 3.00 bits per heavy atom. The van der Waals surface area contributed by atoms with Crippen LogP contribution in [0.5, 0.6) is 0 Å². The lowest BCUT2D eigenvalue weighted by Gasteiger charge is -2.20. The number of halogens is 2. The first-order valence-electron chi connectivity index (χ1n) is 5.40. The Labute approximate surface area is 101 Å². The van der Waals surface area contributed by atoms with E-state index in [0.717, 1.165) is 24.1 Å². The molecule has 3 rings (SSSR count). The third-order valence-corrected chi connectivity index (χ3v) is 3.84. The van der Waals surface area contributed by atoms with Crippen LogP contribution in [0.25, 0.3) is 11.0 Å². The van der Waals surface area contributed by atoms with Crippen LogP contribution in [-0.4, -0.2) is 28.0 Å². The van der Waals surface area contributed by atoms with Crippen molar-refractivity contribution < 1.29 is 8.78 Å². The number of fused-ring (bicyclic) bond motifs is 1. The molecule has 1 saturated heterocycles. The minimum atomic E-state index is -0.619. The van der Waals surface area contributed by atoms with Crippen LogP contribution < -0.4 is 5.32 Å². The van der Waals surface area contributed by atoms with E-state index in [4.69, 9.17) is 0 Å². The van der Waals surface area contributed by atoms with E-state index < -0.39 is 11.6 Å². The molecular formula is C11H11F2N3S. The molecule has 1 atom stereocenters. The van der Waals surface area contributed by atoms with Crippen molar-refractivity contribution in [2.24, 2.45) is 0 Å². The molecular weight excluding hydrogens is 244 g/mol. The number of hydrogen-bond donors (Lipinski definition) is 2. The average Bonchev–Trinajstić information content (AvgIpc) is 2.74. The van der Waals surface area contributed by atoms with Crippen molar-refractivity contribution in [2.75, 3.05) is 18.1 Å². The summed E-state index contributed by atoms with van der Waals surface area (Å²) in [6, 6.07) is 2.21. The van der Waals surface area contributed by atoms with Crippen LogP contribution in [0.3, 0.4) is 0 Å². The largest absolute Gasteiger partial charge is 0.340 e. The summed E-state index contributed by atoms with van der Waals surface area (Å²) in [4.78, 5) is 7.18. The second kappa shape index (κ2) is 4.27. The number of rotatable bonds is 1. The fourth-order valence-corrected chi connectivity index (χ4v) is 2.91. The highest BCUT2D eigenvalue weighted by Crippen LogP contribution is 2.24. The van der Waals surface area contributed by atoms with Crippen LogP contribution in [0.15, 0.2) is 12.1 Å². The Kier molecular flexibility index (Phi) is 2.76. The molecule has 0 amide bonds. The number of H-pyrrole nitrogens is 1. The number of nitrogens with one attached hydrogen (secondary N) is 2. The lowest BCUT2D eigenvalue weighted by atomic mass is 10.3. The first-order valence-corrected chi connectivity index (χ1v) is 6.55. The van der Waals surface area contributed by atoms with Crippen LogP contribution in [-0.2, 0) is 0 Å². The third-order valence-electron chi connectivity index (χ3n) is 2.77. The van der Waals surface area contributed by atoms with Crippen molar-refractivity contribution >= 4 is 22.8 Å². The van der Waals surface area contributed by atoms with E-state index in [1.807, 2.05) is 11.8 Å². The van der Waals surface area contributed by atoms with Gasteiger partial charge in [-0.1, -0.05) is 0 Å². The van der Waals surface area contributed by atoms with Gasteiger partial charge in [-0.05, 0) is 6.07 Å². The van der Waals surface area contributed by atoms with Crippen molar-refractivity contribution in [1.82, 2.24) is 15.3 Å². The molecule has 2 N–H and O–H groups in total. The quantitative estimate of drug-likeness (QED) is 0.821. The van der Waals surface area contributed by atoms with Gasteiger partial charge in [0.1, 0.15) is 17.2 Å². The molecule has 90 valence electrons. The molecule has 0 bridgehead atoms. The molecule has 0 aliphatic carbocycles. The van der Waals surface area contributed by atoms with Gasteiger partial charge in [0, 0.05) is 24.1 Å². The summed E-state index contributed by atoms with van der Waals surface area (Å²) >= 11 is 1.82. The number of thioether (sulfide) groups is 1. The lowest BCUT2D eigenvalue weighted by Crippen LogP contribution is -2.30. The molecule has 1 aromatic heterocycles. The summed E-state index contributed by atoms with van der Waals surface area (Å²) in [5, 5.41) is 3.30. The second-order valence-corrected chi connectivity index (χ2v) is 5.14. The highest BCUT2D eigenvalue weighted by atomic mass is 32.2. The molecule has 0 saturated carbocycles. The van der Waals surface area contributed by atoms with Gasteiger partial charge in [-0.2, -0.15) is 11.8 Å². The maximum Gasteiger partial charge on any atom is 0.153 e. The topological polar surface area (TPSA) is 40.7 Å². The van der Waals surface area contributed by atoms with E-state index in [1.165, 1.54) is 6.07 Å². The van der Waals surface area contributed by atoms with E-state index in [-0.39, 0.29) is 11.6 Å². The van der Waals surface area contributed by atoms with E-state index in [1.54, 1.807) is 0 Å². The summed E-state index contributed by atoms with van der Waals surface area (Å²) in [6.07, 6.45) is 0. The summed E-state index contributed by atoms with van der Waals surface area (Å²) in [5.74, 6) is 1.43. The minimum absolute atomic E-state index is 0.0867. The van der Waals surface area contributed by atoms with Gasteiger partial charge in [0.25, 0.3) is 0 Å². The molecule has 0 radical (unpaired) electrons. The number of nitrogens with zero attached hydrogens (tertiary/aromatic N) is 1. The van der Waals surface area contributed by atoms with Crippen molar-refractivity contribution in [1.29, 1.82) is 0 Å². The van der Waals surface area contributed by atoms with Gasteiger partial charge in [-0.15, -0.1) is 0 Å². The van der Waals surface area contributed by atoms with E-state index in [9.17, 15) is 8.78 Å². The predicted molar refractivity (Wildman–Crippen MR) is 64.1 cm³/mol. The van der Waals surface area contributed by atoms with Crippen LogP contribution in [0.2, 0.25) is 0 Å². The molecule has 1 aromatic carbocycles. The molecule has 3 nitrogen and oxygen atoms in total. The van der Waals surface area contributed by atoms with E-state index in [0.29, 0.717) is 11.3 Å². The Morgan fingerprint density at radius 1 is 1.35 bits per heavy atom. The standard InChI is InChI=1S/C11H11F2N3S/c12-6-3-7(13)10-8(4-6)15-11(16-10)9-5-17-2-1-14-9/h3-4,9,14H,1-2,5H2,(H,15,16). The molecule has 1 aliphatic heterocycles. The van der Waals surface area contributed by atoms with Crippen LogP contribution in [0, 0.1) is 11.6 Å². The predicted octanol–water partition coefficient (Wildman–Crippen LogP) is 2.22. The average molecular weight is 255 g/mol. The number of aromatic amines is 1. The van der Waals surface area contributed by atoms with Gasteiger partial charge in [-0.3, -0.25) is 0 Å². The number of benzene rings is 1. The lowest BCUT2D eigenvalue weighted by molar-refractivity contribution is 0.569. The molecule has 1 unspecified atom stereocenters. The zero-order valence-corrected chi connectivity index (χ0v) is 9.78. The summed E-state index contributed by atoms with van der Waals surface area (Å²) in [5.41, 5.74) is 0.619. The summed E-state index contributed by atoms with van der Waals surface area (Å²) < 4.78 is 26.5. The smallest absolute Gasteiger partial charge is 0.153 e. The maximum absolute atomic E-state index is 13.5. The highest BCUT2D eigenvalue weighted by molar-refractivity contribution is 7.99. The molecule has 17 heavy (non-hydrogen) atoms. The fraction of sp³-hybridized carbons (Fsp3) is 0.364. The first kappa shape index (κ1) is 11.0. The molecule has 1 fully saturated rings. The molecule has 6 heteroatoms. The van der Waals surface area contributed by atoms with Gasteiger partial charge in [0.2, 0.25) is 0 Å². The number of imidazole rings is 1. The van der Waals surface area contributed by atoms with Gasteiger partial charge in [-0.25, -0.2) is 13.8 Å². The Balaban J connectivity index is 2.03. The zero-order chi connectivity index (χ0) is 11.8. The second-order valence-electron chi connectivity index (χ2n) is 3.99. The molecule has 2 heterocycles. The highest BCUT2D eigenvalue weighted by Gasteiger charge is 2.19. The van der Waals surface area contributed by atoms with Crippen molar-refractivity contribution in [3.05, 3.63) is 29.6 Å². The van der Waals surface area contributed by atoms with Gasteiger partial charge < -0.3 is 10.3 Å².